The molecule has 2 aromatic carbocycles. The van der Waals surface area contributed by atoms with E-state index in [9.17, 15) is 9.59 Å². The zero-order chi connectivity index (χ0) is 18.1. The quantitative estimate of drug-likeness (QED) is 0.409. The number of fused-ring (bicyclic) bond motifs is 1. The number of carbonyl (C=O) groups excluding carboxylic acids is 1. The Hall–Kier alpha value is -2.88. The van der Waals surface area contributed by atoms with Gasteiger partial charge in [0, 0.05) is 17.0 Å². The first-order valence-electron chi connectivity index (χ1n) is 8.16. The van der Waals surface area contributed by atoms with Gasteiger partial charge in [-0.05, 0) is 62.1 Å². The number of aryl methyl sites for hydroxylation is 4. The van der Waals surface area contributed by atoms with Crippen LogP contribution in [0.2, 0.25) is 0 Å². The summed E-state index contributed by atoms with van der Waals surface area (Å²) in [4.78, 5) is 23.9. The van der Waals surface area contributed by atoms with Crippen molar-refractivity contribution in [2.45, 2.75) is 34.1 Å². The molecular formula is C21H20O4. The van der Waals surface area contributed by atoms with Crippen molar-refractivity contribution in [1.29, 1.82) is 0 Å². The molecule has 0 amide bonds. The number of hydrogen-bond donors (Lipinski definition) is 0. The number of ether oxygens (including phenoxy) is 1. The van der Waals surface area contributed by atoms with Crippen LogP contribution in [0.15, 0.2) is 45.6 Å². The van der Waals surface area contributed by atoms with Crippen molar-refractivity contribution >= 4 is 16.9 Å². The second kappa shape index (κ2) is 6.55. The molecule has 0 saturated carbocycles. The van der Waals surface area contributed by atoms with Crippen molar-refractivity contribution in [2.75, 3.05) is 0 Å². The van der Waals surface area contributed by atoms with Gasteiger partial charge >= 0.3 is 11.6 Å². The molecule has 0 aliphatic carbocycles. The van der Waals surface area contributed by atoms with Gasteiger partial charge in [-0.15, -0.1) is 0 Å². The predicted octanol–water partition coefficient (Wildman–Crippen LogP) is 4.17. The Bertz CT molecular complexity index is 1030. The van der Waals surface area contributed by atoms with Crippen LogP contribution in [0, 0.1) is 27.7 Å². The first-order valence-corrected chi connectivity index (χ1v) is 8.16. The second-order valence-electron chi connectivity index (χ2n) is 6.38. The molecule has 4 heteroatoms. The summed E-state index contributed by atoms with van der Waals surface area (Å²) in [6.07, 6.45) is 0.191. The average Bonchev–Trinajstić information content (AvgIpc) is 2.54. The average molecular weight is 336 g/mol. The molecule has 1 aromatic heterocycles. The van der Waals surface area contributed by atoms with Gasteiger partial charge in [0.1, 0.15) is 11.3 Å². The molecule has 3 rings (SSSR count). The van der Waals surface area contributed by atoms with Gasteiger partial charge < -0.3 is 9.15 Å². The molecule has 0 fully saturated rings. The van der Waals surface area contributed by atoms with E-state index >= 15 is 0 Å². The van der Waals surface area contributed by atoms with E-state index in [0.29, 0.717) is 16.9 Å². The number of carbonyl (C=O) groups is 1. The monoisotopic (exact) mass is 336 g/mol. The smallest absolute Gasteiger partial charge is 0.336 e. The standard InChI is InChI=1S/C21H20O4/c1-12-5-6-16(9-13(12)2)11-20(23)24-18-8-7-17-14(3)10-19(22)25-21(17)15(18)4/h5-10H,11H2,1-4H3. The zero-order valence-electron chi connectivity index (χ0n) is 14.8. The molecule has 0 aliphatic heterocycles. The van der Waals surface area contributed by atoms with Crippen LogP contribution in [0.3, 0.4) is 0 Å². The van der Waals surface area contributed by atoms with E-state index in [1.807, 2.05) is 39.0 Å². The summed E-state index contributed by atoms with van der Waals surface area (Å²) in [5.41, 5.74) is 4.77. The highest BCUT2D eigenvalue weighted by Crippen LogP contribution is 2.28. The van der Waals surface area contributed by atoms with Gasteiger partial charge in [0.25, 0.3) is 0 Å². The molecule has 0 aliphatic rings. The number of rotatable bonds is 3. The minimum absolute atomic E-state index is 0.191. The van der Waals surface area contributed by atoms with Crippen molar-refractivity contribution < 1.29 is 13.9 Å². The Morgan fingerprint density at radius 1 is 0.960 bits per heavy atom. The lowest BCUT2D eigenvalue weighted by atomic mass is 10.0. The maximum atomic E-state index is 12.3. The Labute approximate surface area is 146 Å². The van der Waals surface area contributed by atoms with Crippen molar-refractivity contribution in [1.82, 2.24) is 0 Å². The lowest BCUT2D eigenvalue weighted by molar-refractivity contribution is -0.133. The van der Waals surface area contributed by atoms with Crippen molar-refractivity contribution in [3.8, 4) is 5.75 Å². The highest BCUT2D eigenvalue weighted by molar-refractivity contribution is 5.86. The highest BCUT2D eigenvalue weighted by atomic mass is 16.5. The van der Waals surface area contributed by atoms with Gasteiger partial charge in [0.05, 0.1) is 6.42 Å². The fourth-order valence-corrected chi connectivity index (χ4v) is 2.85. The highest BCUT2D eigenvalue weighted by Gasteiger charge is 2.13. The van der Waals surface area contributed by atoms with E-state index in [2.05, 4.69) is 0 Å². The van der Waals surface area contributed by atoms with E-state index in [1.54, 1.807) is 19.1 Å². The molecule has 4 nitrogen and oxygen atoms in total. The molecule has 128 valence electrons. The van der Waals surface area contributed by atoms with E-state index < -0.39 is 5.63 Å². The summed E-state index contributed by atoms with van der Waals surface area (Å²) >= 11 is 0. The Morgan fingerprint density at radius 3 is 2.44 bits per heavy atom. The van der Waals surface area contributed by atoms with Gasteiger partial charge in [-0.25, -0.2) is 4.79 Å². The Morgan fingerprint density at radius 2 is 1.72 bits per heavy atom. The third-order valence-electron chi connectivity index (χ3n) is 4.46. The van der Waals surface area contributed by atoms with Crippen LogP contribution in [0.5, 0.6) is 5.75 Å². The van der Waals surface area contributed by atoms with Gasteiger partial charge in [-0.2, -0.15) is 0 Å². The zero-order valence-corrected chi connectivity index (χ0v) is 14.8. The van der Waals surface area contributed by atoms with Crippen LogP contribution < -0.4 is 10.4 Å². The van der Waals surface area contributed by atoms with E-state index in [-0.39, 0.29) is 12.4 Å². The molecule has 0 atom stereocenters. The fourth-order valence-electron chi connectivity index (χ4n) is 2.85. The van der Waals surface area contributed by atoms with Crippen molar-refractivity contribution in [2.24, 2.45) is 0 Å². The van der Waals surface area contributed by atoms with Crippen LogP contribution in [-0.4, -0.2) is 5.97 Å². The van der Waals surface area contributed by atoms with Crippen LogP contribution in [-0.2, 0) is 11.2 Å². The van der Waals surface area contributed by atoms with Gasteiger partial charge in [0.15, 0.2) is 0 Å². The van der Waals surface area contributed by atoms with Gasteiger partial charge in [0.2, 0.25) is 0 Å². The molecule has 0 unspecified atom stereocenters. The lowest BCUT2D eigenvalue weighted by Gasteiger charge is -2.10. The third kappa shape index (κ3) is 3.48. The fraction of sp³-hybridized carbons (Fsp3) is 0.238. The largest absolute Gasteiger partial charge is 0.426 e. The summed E-state index contributed by atoms with van der Waals surface area (Å²) in [5.74, 6) is 0.0655. The molecule has 0 N–H and O–H groups in total. The minimum atomic E-state index is -0.410. The van der Waals surface area contributed by atoms with Crippen LogP contribution >= 0.6 is 0 Å². The molecule has 0 spiro atoms. The molecule has 0 bridgehead atoms. The van der Waals surface area contributed by atoms with Gasteiger partial charge in [-0.3, -0.25) is 4.79 Å². The molecule has 25 heavy (non-hydrogen) atoms. The van der Waals surface area contributed by atoms with Crippen LogP contribution in [0.1, 0.15) is 27.8 Å². The van der Waals surface area contributed by atoms with E-state index in [1.165, 1.54) is 11.6 Å². The van der Waals surface area contributed by atoms with Crippen molar-refractivity contribution in [3.63, 3.8) is 0 Å². The predicted molar refractivity (Wildman–Crippen MR) is 97.2 cm³/mol. The summed E-state index contributed by atoms with van der Waals surface area (Å²) in [6, 6.07) is 10.9. The molecular weight excluding hydrogens is 316 g/mol. The Kier molecular flexibility index (Phi) is 4.45. The summed E-state index contributed by atoms with van der Waals surface area (Å²) in [6.45, 7) is 7.68. The number of hydrogen-bond acceptors (Lipinski definition) is 4. The maximum absolute atomic E-state index is 12.3. The summed E-state index contributed by atoms with van der Waals surface area (Å²) in [5, 5.41) is 0.839. The molecule has 3 aromatic rings. The first-order chi connectivity index (χ1) is 11.8. The van der Waals surface area contributed by atoms with Crippen molar-refractivity contribution in [3.05, 3.63) is 74.6 Å². The summed E-state index contributed by atoms with van der Waals surface area (Å²) < 4.78 is 10.8. The summed E-state index contributed by atoms with van der Waals surface area (Å²) in [7, 11) is 0. The third-order valence-corrected chi connectivity index (χ3v) is 4.46. The Balaban J connectivity index is 1.87. The van der Waals surface area contributed by atoms with Gasteiger partial charge in [-0.1, -0.05) is 18.2 Å². The van der Waals surface area contributed by atoms with E-state index in [0.717, 1.165) is 22.1 Å². The minimum Gasteiger partial charge on any atom is -0.426 e. The SMILES string of the molecule is Cc1ccc(CC(=O)Oc2ccc3c(C)cc(=O)oc3c2C)cc1C. The number of esters is 1. The van der Waals surface area contributed by atoms with Crippen LogP contribution in [0.25, 0.3) is 11.0 Å². The first kappa shape index (κ1) is 17.0. The topological polar surface area (TPSA) is 56.5 Å². The molecule has 0 radical (unpaired) electrons. The normalized spacial score (nSPS) is 10.9. The maximum Gasteiger partial charge on any atom is 0.336 e. The molecule has 1 heterocycles. The second-order valence-corrected chi connectivity index (χ2v) is 6.38. The number of benzene rings is 2. The van der Waals surface area contributed by atoms with E-state index in [4.69, 9.17) is 9.15 Å². The molecule has 0 saturated heterocycles. The lowest BCUT2D eigenvalue weighted by Crippen LogP contribution is -2.12. The van der Waals surface area contributed by atoms with Crippen LogP contribution in [0.4, 0.5) is 0 Å².